The Morgan fingerprint density at radius 1 is 1.16 bits per heavy atom. The molecule has 1 aliphatic rings. The molecule has 1 saturated carbocycles. The predicted molar refractivity (Wildman–Crippen MR) is 99.5 cm³/mol. The van der Waals surface area contributed by atoms with Crippen LogP contribution in [0.25, 0.3) is 33.5 Å². The van der Waals surface area contributed by atoms with Gasteiger partial charge in [0.15, 0.2) is 0 Å². The zero-order valence-corrected chi connectivity index (χ0v) is 14.2. The highest BCUT2D eigenvalue weighted by Gasteiger charge is 2.21. The fraction of sp³-hybridized carbons (Fsp3) is 0.316. The van der Waals surface area contributed by atoms with Crippen molar-refractivity contribution in [1.82, 2.24) is 24.5 Å². The molecule has 0 amide bonds. The molecular weight excluding hydrogens is 312 g/mol. The summed E-state index contributed by atoms with van der Waals surface area (Å²) >= 11 is 0. The van der Waals surface area contributed by atoms with Crippen molar-refractivity contribution in [3.8, 4) is 11.4 Å². The molecule has 0 spiro atoms. The molecule has 25 heavy (non-hydrogen) atoms. The molecule has 5 rings (SSSR count). The molecule has 1 aromatic carbocycles. The molecule has 0 unspecified atom stereocenters. The number of fused-ring (bicyclic) bond motifs is 2. The minimum absolute atomic E-state index is 0.502. The summed E-state index contributed by atoms with van der Waals surface area (Å²) in [7, 11) is 2.01. The van der Waals surface area contributed by atoms with Gasteiger partial charge in [0.2, 0.25) is 0 Å². The lowest BCUT2D eigenvalue weighted by Crippen LogP contribution is -2.15. The number of hydrogen-bond donors (Lipinski definition) is 2. The van der Waals surface area contributed by atoms with E-state index >= 15 is 0 Å². The third-order valence-electron chi connectivity index (χ3n) is 5.09. The topological polar surface area (TPSA) is 71.4 Å². The van der Waals surface area contributed by atoms with Gasteiger partial charge >= 0.3 is 0 Å². The Kier molecular flexibility index (Phi) is 3.23. The quantitative estimate of drug-likeness (QED) is 0.597. The van der Waals surface area contributed by atoms with E-state index in [4.69, 9.17) is 4.98 Å². The molecule has 0 bridgehead atoms. The molecule has 4 aromatic rings. The maximum atomic E-state index is 4.77. The van der Waals surface area contributed by atoms with E-state index < -0.39 is 0 Å². The normalized spacial score (nSPS) is 15.4. The van der Waals surface area contributed by atoms with Crippen LogP contribution in [0, 0.1) is 0 Å². The van der Waals surface area contributed by atoms with E-state index in [1.807, 2.05) is 35.9 Å². The number of nitrogens with zero attached hydrogens (tertiary/aromatic N) is 4. The molecule has 1 aliphatic carbocycles. The number of aryl methyl sites for hydroxylation is 1. The Morgan fingerprint density at radius 2 is 2.00 bits per heavy atom. The minimum atomic E-state index is 0.502. The van der Waals surface area contributed by atoms with Gasteiger partial charge in [-0.25, -0.2) is 15.0 Å². The molecular formula is C19H20N6. The summed E-state index contributed by atoms with van der Waals surface area (Å²) in [5, 5.41) is 4.67. The molecule has 0 saturated heterocycles. The summed E-state index contributed by atoms with van der Waals surface area (Å²) in [6.45, 7) is 0. The van der Waals surface area contributed by atoms with Gasteiger partial charge < -0.3 is 14.9 Å². The van der Waals surface area contributed by atoms with Gasteiger partial charge in [0.1, 0.15) is 23.6 Å². The standard InChI is InChI=1S/C19H20N6/c1-25-10-13(17-23-14-8-4-5-9-15(14)24-17)16-18(20-11-21-19(16)25)22-12-6-2-3-7-12/h4-5,8-12H,2-3,6-7H2,1H3,(H,23,24)(H,20,21,22). The van der Waals surface area contributed by atoms with Crippen molar-refractivity contribution in [2.24, 2.45) is 7.05 Å². The first kappa shape index (κ1) is 14.5. The van der Waals surface area contributed by atoms with Crippen molar-refractivity contribution >= 4 is 27.9 Å². The van der Waals surface area contributed by atoms with Crippen molar-refractivity contribution in [2.45, 2.75) is 31.7 Å². The number of hydrogen-bond acceptors (Lipinski definition) is 4. The van der Waals surface area contributed by atoms with E-state index in [9.17, 15) is 0 Å². The van der Waals surface area contributed by atoms with Crippen LogP contribution in [0.3, 0.4) is 0 Å². The number of para-hydroxylation sites is 2. The van der Waals surface area contributed by atoms with Gasteiger partial charge in [0, 0.05) is 24.8 Å². The number of H-pyrrole nitrogens is 1. The SMILES string of the molecule is Cn1cc(-c2nc3ccccc3[nH]2)c2c(NC3CCCC3)ncnc21. The number of aromatic nitrogens is 5. The van der Waals surface area contributed by atoms with Crippen molar-refractivity contribution < 1.29 is 0 Å². The first-order valence-corrected chi connectivity index (χ1v) is 8.81. The average molecular weight is 332 g/mol. The predicted octanol–water partition coefficient (Wildman–Crippen LogP) is 3.87. The van der Waals surface area contributed by atoms with E-state index in [-0.39, 0.29) is 0 Å². The zero-order chi connectivity index (χ0) is 16.8. The lowest BCUT2D eigenvalue weighted by atomic mass is 10.2. The Balaban J connectivity index is 1.69. The van der Waals surface area contributed by atoms with Gasteiger partial charge in [-0.05, 0) is 25.0 Å². The average Bonchev–Trinajstić information content (AvgIpc) is 3.34. The largest absolute Gasteiger partial charge is 0.367 e. The molecule has 3 aromatic heterocycles. The Morgan fingerprint density at radius 3 is 2.84 bits per heavy atom. The number of aromatic amines is 1. The number of anilines is 1. The summed E-state index contributed by atoms with van der Waals surface area (Å²) in [5.41, 5.74) is 3.97. The summed E-state index contributed by atoms with van der Waals surface area (Å²) in [5.74, 6) is 1.77. The molecule has 0 radical (unpaired) electrons. The van der Waals surface area contributed by atoms with Crippen LogP contribution in [-0.4, -0.2) is 30.5 Å². The number of benzene rings is 1. The number of imidazole rings is 1. The fourth-order valence-electron chi connectivity index (χ4n) is 3.84. The highest BCUT2D eigenvalue weighted by atomic mass is 15.1. The van der Waals surface area contributed by atoms with Crippen molar-refractivity contribution in [1.29, 1.82) is 0 Å². The second kappa shape index (κ2) is 5.58. The maximum absolute atomic E-state index is 4.77. The molecule has 1 fully saturated rings. The molecule has 126 valence electrons. The van der Waals surface area contributed by atoms with Gasteiger partial charge in [-0.2, -0.15) is 0 Å². The molecule has 6 heteroatoms. The van der Waals surface area contributed by atoms with Crippen molar-refractivity contribution in [3.63, 3.8) is 0 Å². The highest BCUT2D eigenvalue weighted by Crippen LogP contribution is 2.34. The first-order chi connectivity index (χ1) is 12.3. The van der Waals surface area contributed by atoms with Crippen LogP contribution in [0.2, 0.25) is 0 Å². The van der Waals surface area contributed by atoms with Crippen LogP contribution in [0.5, 0.6) is 0 Å². The Bertz CT molecular complexity index is 1020. The van der Waals surface area contributed by atoms with Gasteiger partial charge in [0.05, 0.1) is 16.4 Å². The molecule has 0 aliphatic heterocycles. The third kappa shape index (κ3) is 2.36. The van der Waals surface area contributed by atoms with E-state index in [1.54, 1.807) is 6.33 Å². The summed E-state index contributed by atoms with van der Waals surface area (Å²) in [6, 6.07) is 8.59. The van der Waals surface area contributed by atoms with E-state index in [1.165, 1.54) is 25.7 Å². The van der Waals surface area contributed by atoms with Gasteiger partial charge in [-0.15, -0.1) is 0 Å². The highest BCUT2D eigenvalue weighted by molar-refractivity contribution is 6.01. The Labute approximate surface area is 145 Å². The molecule has 3 heterocycles. The van der Waals surface area contributed by atoms with Gasteiger partial charge in [-0.1, -0.05) is 25.0 Å². The summed E-state index contributed by atoms with van der Waals surface area (Å²) in [6.07, 6.45) is 8.71. The van der Waals surface area contributed by atoms with Gasteiger partial charge in [-0.3, -0.25) is 0 Å². The first-order valence-electron chi connectivity index (χ1n) is 8.81. The van der Waals surface area contributed by atoms with Crippen LogP contribution >= 0.6 is 0 Å². The third-order valence-corrected chi connectivity index (χ3v) is 5.09. The van der Waals surface area contributed by atoms with E-state index in [2.05, 4.69) is 26.5 Å². The summed E-state index contributed by atoms with van der Waals surface area (Å²) < 4.78 is 2.04. The smallest absolute Gasteiger partial charge is 0.145 e. The van der Waals surface area contributed by atoms with Crippen LogP contribution in [0.4, 0.5) is 5.82 Å². The lowest BCUT2D eigenvalue weighted by molar-refractivity contribution is 0.751. The minimum Gasteiger partial charge on any atom is -0.367 e. The van der Waals surface area contributed by atoms with E-state index in [0.717, 1.165) is 39.3 Å². The lowest BCUT2D eigenvalue weighted by Gasteiger charge is -2.13. The van der Waals surface area contributed by atoms with Crippen molar-refractivity contribution in [3.05, 3.63) is 36.8 Å². The molecule has 2 N–H and O–H groups in total. The second-order valence-electron chi connectivity index (χ2n) is 6.80. The van der Waals surface area contributed by atoms with Crippen molar-refractivity contribution in [2.75, 3.05) is 5.32 Å². The fourth-order valence-corrected chi connectivity index (χ4v) is 3.84. The number of rotatable bonds is 3. The summed E-state index contributed by atoms with van der Waals surface area (Å²) in [4.78, 5) is 17.2. The molecule has 6 nitrogen and oxygen atoms in total. The van der Waals surface area contributed by atoms with Crippen LogP contribution < -0.4 is 5.32 Å². The molecule has 0 atom stereocenters. The van der Waals surface area contributed by atoms with Crippen LogP contribution in [0.1, 0.15) is 25.7 Å². The van der Waals surface area contributed by atoms with E-state index in [0.29, 0.717) is 6.04 Å². The van der Waals surface area contributed by atoms with Gasteiger partial charge in [0.25, 0.3) is 0 Å². The number of nitrogens with one attached hydrogen (secondary N) is 2. The van der Waals surface area contributed by atoms with Crippen LogP contribution in [-0.2, 0) is 7.05 Å². The van der Waals surface area contributed by atoms with Crippen LogP contribution in [0.15, 0.2) is 36.8 Å². The second-order valence-corrected chi connectivity index (χ2v) is 6.80. The Hall–Kier alpha value is -2.89. The monoisotopic (exact) mass is 332 g/mol. The zero-order valence-electron chi connectivity index (χ0n) is 14.2. The maximum Gasteiger partial charge on any atom is 0.145 e.